The average molecular weight is 720 g/mol. The third kappa shape index (κ3) is 4.69. The molecule has 1 aromatic heterocycles. The van der Waals surface area contributed by atoms with Gasteiger partial charge < -0.3 is 9.32 Å². The van der Waals surface area contributed by atoms with Crippen LogP contribution in [-0.4, -0.2) is 0 Å². The Kier molecular flexibility index (Phi) is 6.98. The number of furan rings is 1. The van der Waals surface area contributed by atoms with Gasteiger partial charge in [-0.3, -0.25) is 0 Å². The summed E-state index contributed by atoms with van der Waals surface area (Å²) in [6.45, 7) is 9.42. The first-order valence-electron chi connectivity index (χ1n) is 19.7. The number of hydrogen-bond donors (Lipinski definition) is 0. The first-order valence-corrected chi connectivity index (χ1v) is 19.7. The molecule has 0 saturated heterocycles. The first-order chi connectivity index (χ1) is 27.3. The molecular weight excluding hydrogens is 679 g/mol. The molecule has 0 spiro atoms. The molecule has 56 heavy (non-hydrogen) atoms. The maximum Gasteiger partial charge on any atom is 0.143 e. The van der Waals surface area contributed by atoms with E-state index in [0.717, 1.165) is 44.4 Å². The molecule has 0 bridgehead atoms. The highest BCUT2D eigenvalue weighted by atomic mass is 16.3. The smallest absolute Gasteiger partial charge is 0.143 e. The molecule has 268 valence electrons. The molecule has 8 aromatic carbocycles. The van der Waals surface area contributed by atoms with Crippen molar-refractivity contribution in [2.75, 3.05) is 4.90 Å². The number of anilines is 3. The van der Waals surface area contributed by atoms with Crippen molar-refractivity contribution < 1.29 is 4.42 Å². The lowest BCUT2D eigenvalue weighted by atomic mass is 9.81. The van der Waals surface area contributed by atoms with E-state index in [0.29, 0.717) is 0 Å². The van der Waals surface area contributed by atoms with Crippen LogP contribution in [0.25, 0.3) is 66.4 Å². The van der Waals surface area contributed by atoms with Gasteiger partial charge in [-0.15, -0.1) is 0 Å². The fourth-order valence-corrected chi connectivity index (χ4v) is 9.84. The van der Waals surface area contributed by atoms with Crippen LogP contribution in [0.1, 0.15) is 49.9 Å². The number of fused-ring (bicyclic) bond motifs is 9. The summed E-state index contributed by atoms with van der Waals surface area (Å²) in [4.78, 5) is 2.47. The number of hydrogen-bond acceptors (Lipinski definition) is 2. The highest BCUT2D eigenvalue weighted by molar-refractivity contribution is 6.09. The van der Waals surface area contributed by atoms with Crippen LogP contribution in [-0.2, 0) is 10.8 Å². The Morgan fingerprint density at radius 1 is 0.393 bits per heavy atom. The standard InChI is InChI=1S/C54H41NO/c1-53(2)46-25-9-6-21-44(46)51-47(53)26-14-27-49(51)55(38-18-12-16-36(32-38)39-22-13-23-43-42-20-7-10-28-50(42)56-52(39)43)37-17-11-15-34(31-37)35-29-30-41-40-19-5-8-24-45(40)54(3,4)48(41)33-35/h5-33H,1-4H3. The third-order valence-corrected chi connectivity index (χ3v) is 12.7. The van der Waals surface area contributed by atoms with Gasteiger partial charge in [0.05, 0.1) is 5.69 Å². The van der Waals surface area contributed by atoms with Crippen LogP contribution in [0.2, 0.25) is 0 Å². The lowest BCUT2D eigenvalue weighted by Gasteiger charge is -2.29. The second-order valence-electron chi connectivity index (χ2n) is 16.5. The van der Waals surface area contributed by atoms with E-state index in [-0.39, 0.29) is 10.8 Å². The van der Waals surface area contributed by atoms with E-state index >= 15 is 0 Å². The topological polar surface area (TPSA) is 16.4 Å². The van der Waals surface area contributed by atoms with Crippen molar-refractivity contribution in [2.45, 2.75) is 38.5 Å². The second kappa shape index (κ2) is 11.9. The maximum absolute atomic E-state index is 6.55. The summed E-state index contributed by atoms with van der Waals surface area (Å²) >= 11 is 0. The van der Waals surface area contributed by atoms with Crippen LogP contribution < -0.4 is 4.90 Å². The van der Waals surface area contributed by atoms with Crippen LogP contribution in [0.15, 0.2) is 180 Å². The van der Waals surface area contributed by atoms with Crippen molar-refractivity contribution in [3.8, 4) is 44.5 Å². The number of benzene rings is 8. The lowest BCUT2D eigenvalue weighted by Crippen LogP contribution is -2.16. The quantitative estimate of drug-likeness (QED) is 0.176. The van der Waals surface area contributed by atoms with E-state index in [2.05, 4.69) is 202 Å². The van der Waals surface area contributed by atoms with Crippen LogP contribution >= 0.6 is 0 Å². The molecule has 0 aliphatic heterocycles. The molecule has 0 radical (unpaired) electrons. The van der Waals surface area contributed by atoms with Crippen LogP contribution in [0, 0.1) is 0 Å². The molecule has 2 heteroatoms. The zero-order chi connectivity index (χ0) is 37.8. The number of para-hydroxylation sites is 2. The molecule has 2 aliphatic rings. The van der Waals surface area contributed by atoms with E-state index in [9.17, 15) is 0 Å². The summed E-state index contributed by atoms with van der Waals surface area (Å²) in [6, 6.07) is 64.6. The van der Waals surface area contributed by atoms with E-state index in [4.69, 9.17) is 4.42 Å². The monoisotopic (exact) mass is 719 g/mol. The van der Waals surface area contributed by atoms with Crippen molar-refractivity contribution in [3.05, 3.63) is 198 Å². The van der Waals surface area contributed by atoms with Gasteiger partial charge in [0.2, 0.25) is 0 Å². The highest BCUT2D eigenvalue weighted by Gasteiger charge is 2.38. The predicted molar refractivity (Wildman–Crippen MR) is 234 cm³/mol. The molecule has 0 saturated carbocycles. The van der Waals surface area contributed by atoms with Gasteiger partial charge in [-0.05, 0) is 98.1 Å². The summed E-state index contributed by atoms with van der Waals surface area (Å²) in [6.07, 6.45) is 0. The Morgan fingerprint density at radius 2 is 0.946 bits per heavy atom. The van der Waals surface area contributed by atoms with Gasteiger partial charge >= 0.3 is 0 Å². The largest absolute Gasteiger partial charge is 0.455 e. The summed E-state index contributed by atoms with van der Waals surface area (Å²) in [5, 5.41) is 2.27. The normalized spacial score (nSPS) is 14.4. The van der Waals surface area contributed by atoms with Crippen molar-refractivity contribution in [3.63, 3.8) is 0 Å². The Labute approximate surface area is 328 Å². The number of rotatable bonds is 5. The van der Waals surface area contributed by atoms with Gasteiger partial charge in [0.15, 0.2) is 0 Å². The molecule has 0 amide bonds. The summed E-state index contributed by atoms with van der Waals surface area (Å²) in [7, 11) is 0. The molecule has 2 aliphatic carbocycles. The molecule has 9 aromatic rings. The second-order valence-corrected chi connectivity index (χ2v) is 16.5. The molecule has 0 fully saturated rings. The predicted octanol–water partition coefficient (Wildman–Crippen LogP) is 15.0. The van der Waals surface area contributed by atoms with Crippen molar-refractivity contribution in [2.24, 2.45) is 0 Å². The minimum atomic E-state index is -0.122. The minimum Gasteiger partial charge on any atom is -0.455 e. The van der Waals surface area contributed by atoms with Gasteiger partial charge in [0, 0.05) is 44.1 Å². The maximum atomic E-state index is 6.55. The van der Waals surface area contributed by atoms with Crippen LogP contribution in [0.3, 0.4) is 0 Å². The van der Waals surface area contributed by atoms with Crippen LogP contribution in [0.5, 0.6) is 0 Å². The van der Waals surface area contributed by atoms with E-state index < -0.39 is 0 Å². The molecule has 2 nitrogen and oxygen atoms in total. The van der Waals surface area contributed by atoms with Crippen molar-refractivity contribution in [1.82, 2.24) is 0 Å². The van der Waals surface area contributed by atoms with Gasteiger partial charge in [0.1, 0.15) is 11.2 Å². The Balaban J connectivity index is 1.11. The van der Waals surface area contributed by atoms with Crippen molar-refractivity contribution >= 4 is 39.0 Å². The fourth-order valence-electron chi connectivity index (χ4n) is 9.84. The zero-order valence-corrected chi connectivity index (χ0v) is 32.1. The number of nitrogens with zero attached hydrogens (tertiary/aromatic N) is 1. The molecule has 11 rings (SSSR count). The molecule has 0 N–H and O–H groups in total. The van der Waals surface area contributed by atoms with Gasteiger partial charge in [-0.2, -0.15) is 0 Å². The van der Waals surface area contributed by atoms with E-state index in [1.165, 1.54) is 61.3 Å². The van der Waals surface area contributed by atoms with Gasteiger partial charge in [-0.25, -0.2) is 0 Å². The van der Waals surface area contributed by atoms with Gasteiger partial charge in [-0.1, -0.05) is 161 Å². The van der Waals surface area contributed by atoms with Crippen LogP contribution in [0.4, 0.5) is 17.1 Å². The zero-order valence-electron chi connectivity index (χ0n) is 32.1. The highest BCUT2D eigenvalue weighted by Crippen LogP contribution is 2.55. The van der Waals surface area contributed by atoms with Gasteiger partial charge in [0.25, 0.3) is 0 Å². The molecule has 0 atom stereocenters. The average Bonchev–Trinajstić information content (AvgIpc) is 3.81. The van der Waals surface area contributed by atoms with E-state index in [1.807, 2.05) is 6.07 Å². The first kappa shape index (κ1) is 32.8. The Hall–Kier alpha value is -6.64. The van der Waals surface area contributed by atoms with E-state index in [1.54, 1.807) is 0 Å². The Bertz CT molecular complexity index is 3050. The summed E-state index contributed by atoms with van der Waals surface area (Å²) in [5.41, 5.74) is 20.4. The molecular formula is C54H41NO. The Morgan fingerprint density at radius 3 is 1.77 bits per heavy atom. The third-order valence-electron chi connectivity index (χ3n) is 12.7. The summed E-state index contributed by atoms with van der Waals surface area (Å²) < 4.78 is 6.55. The fraction of sp³-hybridized carbons (Fsp3) is 0.111. The molecule has 1 heterocycles. The summed E-state index contributed by atoms with van der Waals surface area (Å²) in [5.74, 6) is 0. The minimum absolute atomic E-state index is 0.0699. The SMILES string of the molecule is CC1(C)c2ccccc2-c2ccc(-c3cccc(N(c4cccc(-c5cccc6c5oc5ccccc56)c4)c4cccc5c4-c4ccccc4C5(C)C)c3)cc21. The van der Waals surface area contributed by atoms with Crippen molar-refractivity contribution in [1.29, 1.82) is 0 Å². The lowest BCUT2D eigenvalue weighted by molar-refractivity contribution is 0.660. The molecule has 0 unspecified atom stereocenters.